The van der Waals surface area contributed by atoms with Crippen LogP contribution < -0.4 is 5.32 Å². The number of aliphatic hydroxyl groups is 2. The van der Waals surface area contributed by atoms with E-state index in [0.29, 0.717) is 11.5 Å². The molecule has 116 valence electrons. The van der Waals surface area contributed by atoms with Crippen LogP contribution in [0.15, 0.2) is 24.3 Å². The number of rotatable bonds is 5. The lowest BCUT2D eigenvalue weighted by Gasteiger charge is -2.28. The van der Waals surface area contributed by atoms with E-state index in [1.165, 1.54) is 18.2 Å². The van der Waals surface area contributed by atoms with Crippen molar-refractivity contribution in [3.63, 3.8) is 0 Å². The molecule has 0 radical (unpaired) electrons. The quantitative estimate of drug-likeness (QED) is 0.777. The molecule has 5 heteroatoms. The number of halogens is 1. The molecule has 0 aromatic heterocycles. The minimum atomic E-state index is -0.991. The summed E-state index contributed by atoms with van der Waals surface area (Å²) in [5.41, 5.74) is 0.411. The maximum Gasteiger partial charge on any atom is 0.223 e. The zero-order valence-electron chi connectivity index (χ0n) is 12.0. The Morgan fingerprint density at radius 1 is 1.33 bits per heavy atom. The number of benzene rings is 1. The van der Waals surface area contributed by atoms with Crippen LogP contribution in [-0.4, -0.2) is 28.8 Å². The smallest absolute Gasteiger partial charge is 0.223 e. The second kappa shape index (κ2) is 7.52. The minimum Gasteiger partial charge on any atom is -0.396 e. The highest BCUT2D eigenvalue weighted by Gasteiger charge is 2.23. The van der Waals surface area contributed by atoms with Gasteiger partial charge in [-0.2, -0.15) is 0 Å². The Hall–Kier alpha value is -1.46. The Morgan fingerprint density at radius 3 is 2.67 bits per heavy atom. The van der Waals surface area contributed by atoms with Crippen molar-refractivity contribution in [2.75, 3.05) is 6.61 Å². The van der Waals surface area contributed by atoms with Crippen LogP contribution in [0.3, 0.4) is 0 Å². The SMILES string of the molecule is O=C(CC(O)c1cccc(F)c1)NC1CCC(CO)CC1. The van der Waals surface area contributed by atoms with Gasteiger partial charge in [0.25, 0.3) is 0 Å². The summed E-state index contributed by atoms with van der Waals surface area (Å²) >= 11 is 0. The third-order valence-corrected chi connectivity index (χ3v) is 4.08. The van der Waals surface area contributed by atoms with Gasteiger partial charge in [0.2, 0.25) is 5.91 Å². The van der Waals surface area contributed by atoms with Crippen LogP contribution in [0.25, 0.3) is 0 Å². The fourth-order valence-corrected chi connectivity index (χ4v) is 2.78. The van der Waals surface area contributed by atoms with E-state index in [4.69, 9.17) is 5.11 Å². The largest absolute Gasteiger partial charge is 0.396 e. The lowest BCUT2D eigenvalue weighted by Crippen LogP contribution is -2.38. The van der Waals surface area contributed by atoms with Crippen LogP contribution in [0.2, 0.25) is 0 Å². The monoisotopic (exact) mass is 295 g/mol. The van der Waals surface area contributed by atoms with Crippen molar-refractivity contribution in [2.24, 2.45) is 5.92 Å². The van der Waals surface area contributed by atoms with E-state index in [1.54, 1.807) is 6.07 Å². The summed E-state index contributed by atoms with van der Waals surface area (Å²) in [6, 6.07) is 5.77. The van der Waals surface area contributed by atoms with Gasteiger partial charge < -0.3 is 15.5 Å². The summed E-state index contributed by atoms with van der Waals surface area (Å²) < 4.78 is 13.1. The van der Waals surface area contributed by atoms with Crippen molar-refractivity contribution in [2.45, 2.75) is 44.2 Å². The Morgan fingerprint density at radius 2 is 2.05 bits per heavy atom. The standard InChI is InChI=1S/C16H22FNO3/c17-13-3-1-2-12(8-13)15(20)9-16(21)18-14-6-4-11(10-19)5-7-14/h1-3,8,11,14-15,19-20H,4-7,9-10H2,(H,18,21). The van der Waals surface area contributed by atoms with E-state index in [1.807, 2.05) is 0 Å². The first-order chi connectivity index (χ1) is 10.1. The van der Waals surface area contributed by atoms with Crippen LogP contribution in [0.4, 0.5) is 4.39 Å². The normalized spacial score (nSPS) is 23.6. The highest BCUT2D eigenvalue weighted by molar-refractivity contribution is 5.77. The van der Waals surface area contributed by atoms with Crippen LogP contribution in [0, 0.1) is 11.7 Å². The molecule has 1 fully saturated rings. The highest BCUT2D eigenvalue weighted by atomic mass is 19.1. The summed E-state index contributed by atoms with van der Waals surface area (Å²) in [6.07, 6.45) is 2.47. The van der Waals surface area contributed by atoms with Gasteiger partial charge in [0.15, 0.2) is 0 Å². The first kappa shape index (κ1) is 15.9. The molecular weight excluding hydrogens is 273 g/mol. The second-order valence-electron chi connectivity index (χ2n) is 5.74. The molecule has 1 aromatic carbocycles. The molecule has 1 atom stereocenters. The molecule has 1 aromatic rings. The van der Waals surface area contributed by atoms with Crippen LogP contribution in [0.5, 0.6) is 0 Å². The maximum absolute atomic E-state index is 13.1. The molecule has 3 N–H and O–H groups in total. The highest BCUT2D eigenvalue weighted by Crippen LogP contribution is 2.24. The summed E-state index contributed by atoms with van der Waals surface area (Å²) in [6.45, 7) is 0.207. The van der Waals surface area contributed by atoms with E-state index in [2.05, 4.69) is 5.32 Å². The number of hydrogen-bond acceptors (Lipinski definition) is 3. The predicted molar refractivity (Wildman–Crippen MR) is 77.0 cm³/mol. The fourth-order valence-electron chi connectivity index (χ4n) is 2.78. The number of hydrogen-bond donors (Lipinski definition) is 3. The Balaban J connectivity index is 1.79. The minimum absolute atomic E-state index is 0.0661. The molecule has 1 unspecified atom stereocenters. The summed E-state index contributed by atoms with van der Waals surface area (Å²) in [5.74, 6) is -0.301. The van der Waals surface area contributed by atoms with Crippen molar-refractivity contribution in [3.05, 3.63) is 35.6 Å². The van der Waals surface area contributed by atoms with Crippen LogP contribution >= 0.6 is 0 Å². The molecule has 0 saturated heterocycles. The molecule has 4 nitrogen and oxygen atoms in total. The van der Waals surface area contributed by atoms with Gasteiger partial charge in [0, 0.05) is 12.6 Å². The molecule has 1 aliphatic carbocycles. The third-order valence-electron chi connectivity index (χ3n) is 4.08. The molecule has 1 amide bonds. The van der Waals surface area contributed by atoms with Gasteiger partial charge in [-0.3, -0.25) is 4.79 Å². The zero-order valence-corrected chi connectivity index (χ0v) is 12.0. The number of carbonyl (C=O) groups excluding carboxylic acids is 1. The first-order valence-corrected chi connectivity index (χ1v) is 7.42. The topological polar surface area (TPSA) is 69.6 Å². The lowest BCUT2D eigenvalue weighted by molar-refractivity contribution is -0.124. The molecular formula is C16H22FNO3. The van der Waals surface area contributed by atoms with Gasteiger partial charge >= 0.3 is 0 Å². The van der Waals surface area contributed by atoms with Crippen molar-refractivity contribution < 1.29 is 19.4 Å². The molecule has 0 spiro atoms. The summed E-state index contributed by atoms with van der Waals surface area (Å²) in [5, 5.41) is 21.9. The van der Waals surface area contributed by atoms with Crippen LogP contribution in [-0.2, 0) is 4.79 Å². The van der Waals surface area contributed by atoms with Gasteiger partial charge in [-0.25, -0.2) is 4.39 Å². The molecule has 2 rings (SSSR count). The van der Waals surface area contributed by atoms with E-state index in [0.717, 1.165) is 25.7 Å². The average Bonchev–Trinajstić information content (AvgIpc) is 2.48. The van der Waals surface area contributed by atoms with Crippen molar-refractivity contribution in [3.8, 4) is 0 Å². The second-order valence-corrected chi connectivity index (χ2v) is 5.74. The van der Waals surface area contributed by atoms with Crippen molar-refractivity contribution in [1.29, 1.82) is 0 Å². The molecule has 1 saturated carbocycles. The number of aliphatic hydroxyl groups excluding tert-OH is 2. The predicted octanol–water partition coefficient (Wildman–Crippen LogP) is 1.92. The molecule has 0 heterocycles. The zero-order chi connectivity index (χ0) is 15.2. The van der Waals surface area contributed by atoms with Crippen molar-refractivity contribution >= 4 is 5.91 Å². The van der Waals surface area contributed by atoms with Gasteiger partial charge in [-0.1, -0.05) is 12.1 Å². The molecule has 1 aliphatic rings. The number of nitrogens with one attached hydrogen (secondary N) is 1. The van der Waals surface area contributed by atoms with Gasteiger partial charge in [0.05, 0.1) is 12.5 Å². The summed E-state index contributed by atoms with van der Waals surface area (Å²) in [4.78, 5) is 11.9. The fraction of sp³-hybridized carbons (Fsp3) is 0.562. The molecule has 21 heavy (non-hydrogen) atoms. The van der Waals surface area contributed by atoms with Gasteiger partial charge in [0.1, 0.15) is 5.82 Å². The van der Waals surface area contributed by atoms with E-state index < -0.39 is 11.9 Å². The Bertz CT molecular complexity index is 472. The number of amides is 1. The third kappa shape index (κ3) is 4.79. The lowest BCUT2D eigenvalue weighted by atomic mass is 9.86. The van der Waals surface area contributed by atoms with Gasteiger partial charge in [-0.05, 0) is 49.3 Å². The number of carbonyl (C=O) groups is 1. The Labute approximate surface area is 124 Å². The van der Waals surface area contributed by atoms with E-state index >= 15 is 0 Å². The Kier molecular flexibility index (Phi) is 5.70. The molecule has 0 aliphatic heterocycles. The first-order valence-electron chi connectivity index (χ1n) is 7.42. The van der Waals surface area contributed by atoms with E-state index in [9.17, 15) is 14.3 Å². The van der Waals surface area contributed by atoms with Gasteiger partial charge in [-0.15, -0.1) is 0 Å². The van der Waals surface area contributed by atoms with Crippen molar-refractivity contribution in [1.82, 2.24) is 5.32 Å². The summed E-state index contributed by atoms with van der Waals surface area (Å²) in [7, 11) is 0. The maximum atomic E-state index is 13.1. The molecule has 0 bridgehead atoms. The van der Waals surface area contributed by atoms with Crippen LogP contribution in [0.1, 0.15) is 43.8 Å². The average molecular weight is 295 g/mol. The van der Waals surface area contributed by atoms with E-state index in [-0.39, 0.29) is 25.0 Å².